The van der Waals surface area contributed by atoms with Crippen LogP contribution in [0, 0.1) is 0 Å². The molecular weight excluding hydrogens is 361 g/mol. The van der Waals surface area contributed by atoms with Gasteiger partial charge in [-0.3, -0.25) is 4.79 Å². The summed E-state index contributed by atoms with van der Waals surface area (Å²) >= 11 is 13.0. The van der Waals surface area contributed by atoms with Crippen molar-refractivity contribution >= 4 is 52.1 Å². The minimum atomic E-state index is -0.820. The van der Waals surface area contributed by atoms with Crippen LogP contribution >= 0.6 is 34.5 Å². The number of esters is 1. The van der Waals surface area contributed by atoms with Gasteiger partial charge in [0, 0.05) is 5.02 Å². The second-order valence-electron chi connectivity index (χ2n) is 4.48. The molecule has 0 aliphatic carbocycles. The standard InChI is InChI=1S/C15H13Cl2NO4S/c1-8(22-12-4-3-9(16)7-10(12)17)14(19)18-11-5-6-23-13(11)15(20)21-2/h3-8H,1-2H3,(H,18,19)/t8-/m0/s1. The van der Waals surface area contributed by atoms with Gasteiger partial charge in [-0.2, -0.15) is 0 Å². The van der Waals surface area contributed by atoms with Gasteiger partial charge in [0.25, 0.3) is 5.91 Å². The van der Waals surface area contributed by atoms with Crippen LogP contribution < -0.4 is 10.1 Å². The van der Waals surface area contributed by atoms with Crippen molar-refractivity contribution in [2.75, 3.05) is 12.4 Å². The SMILES string of the molecule is COC(=O)c1sccc1NC(=O)[C@H](C)Oc1ccc(Cl)cc1Cl. The summed E-state index contributed by atoms with van der Waals surface area (Å²) in [6.07, 6.45) is -0.820. The van der Waals surface area contributed by atoms with Crippen LogP contribution in [0.5, 0.6) is 5.75 Å². The molecule has 5 nitrogen and oxygen atoms in total. The van der Waals surface area contributed by atoms with E-state index in [0.29, 0.717) is 26.4 Å². The monoisotopic (exact) mass is 373 g/mol. The average molecular weight is 374 g/mol. The fourth-order valence-corrected chi connectivity index (χ4v) is 2.93. The van der Waals surface area contributed by atoms with Gasteiger partial charge in [0.15, 0.2) is 6.10 Å². The highest BCUT2D eigenvalue weighted by Gasteiger charge is 2.20. The number of rotatable bonds is 5. The molecule has 0 unspecified atom stereocenters. The average Bonchev–Trinajstić information content (AvgIpc) is 2.97. The lowest BCUT2D eigenvalue weighted by atomic mass is 10.3. The van der Waals surface area contributed by atoms with Gasteiger partial charge in [0.05, 0.1) is 17.8 Å². The minimum absolute atomic E-state index is 0.308. The Bertz CT molecular complexity index is 732. The van der Waals surface area contributed by atoms with Crippen molar-refractivity contribution in [3.8, 4) is 5.75 Å². The van der Waals surface area contributed by atoms with E-state index in [0.717, 1.165) is 0 Å². The van der Waals surface area contributed by atoms with Crippen molar-refractivity contribution in [2.45, 2.75) is 13.0 Å². The van der Waals surface area contributed by atoms with Crippen LogP contribution in [0.3, 0.4) is 0 Å². The summed E-state index contributed by atoms with van der Waals surface area (Å²) in [4.78, 5) is 24.1. The Labute approximate surface area is 147 Å². The largest absolute Gasteiger partial charge is 0.479 e. The number of carbonyl (C=O) groups excluding carboxylic acids is 2. The summed E-state index contributed by atoms with van der Waals surface area (Å²) in [7, 11) is 1.28. The van der Waals surface area contributed by atoms with Gasteiger partial charge in [0.2, 0.25) is 0 Å². The number of hydrogen-bond donors (Lipinski definition) is 1. The van der Waals surface area contributed by atoms with Crippen LogP contribution in [-0.4, -0.2) is 25.1 Å². The highest BCUT2D eigenvalue weighted by Crippen LogP contribution is 2.29. The van der Waals surface area contributed by atoms with Gasteiger partial charge in [-0.15, -0.1) is 11.3 Å². The van der Waals surface area contributed by atoms with E-state index in [1.54, 1.807) is 30.5 Å². The topological polar surface area (TPSA) is 64.6 Å². The number of hydrogen-bond acceptors (Lipinski definition) is 5. The normalized spacial score (nSPS) is 11.7. The molecule has 0 fully saturated rings. The summed E-state index contributed by atoms with van der Waals surface area (Å²) in [6, 6.07) is 6.34. The van der Waals surface area contributed by atoms with Gasteiger partial charge in [-0.05, 0) is 36.6 Å². The van der Waals surface area contributed by atoms with Gasteiger partial charge < -0.3 is 14.8 Å². The second kappa shape index (κ2) is 7.68. The van der Waals surface area contributed by atoms with Crippen LogP contribution in [0.15, 0.2) is 29.6 Å². The fraction of sp³-hybridized carbons (Fsp3) is 0.200. The Kier molecular flexibility index (Phi) is 5.87. The number of halogens is 2. The van der Waals surface area contributed by atoms with Gasteiger partial charge in [-0.25, -0.2) is 4.79 Å². The number of thiophene rings is 1. The lowest BCUT2D eigenvalue weighted by Gasteiger charge is -2.15. The molecule has 2 aromatic rings. The zero-order chi connectivity index (χ0) is 17.0. The van der Waals surface area contributed by atoms with Crippen LogP contribution in [0.25, 0.3) is 0 Å². The number of anilines is 1. The summed E-state index contributed by atoms with van der Waals surface area (Å²) in [5.74, 6) is -0.582. The van der Waals surface area contributed by atoms with Crippen molar-refractivity contribution in [3.63, 3.8) is 0 Å². The first-order valence-corrected chi connectivity index (χ1v) is 8.14. The molecule has 0 aliphatic rings. The Morgan fingerprint density at radius 2 is 2.00 bits per heavy atom. The third kappa shape index (κ3) is 4.37. The maximum Gasteiger partial charge on any atom is 0.350 e. The molecule has 1 amide bonds. The molecule has 1 aromatic heterocycles. The van der Waals surface area contributed by atoms with E-state index in [-0.39, 0.29) is 0 Å². The Hall–Kier alpha value is -1.76. The number of carbonyl (C=O) groups is 2. The van der Waals surface area contributed by atoms with E-state index >= 15 is 0 Å². The smallest absolute Gasteiger partial charge is 0.350 e. The molecule has 0 spiro atoms. The molecule has 8 heteroatoms. The molecule has 1 heterocycles. The Morgan fingerprint density at radius 3 is 2.65 bits per heavy atom. The van der Waals surface area contributed by atoms with Crippen molar-refractivity contribution in [3.05, 3.63) is 44.6 Å². The Balaban J connectivity index is 2.06. The van der Waals surface area contributed by atoms with Gasteiger partial charge >= 0.3 is 5.97 Å². The van der Waals surface area contributed by atoms with Crippen molar-refractivity contribution in [1.29, 1.82) is 0 Å². The van der Waals surface area contributed by atoms with Crippen LogP contribution in [-0.2, 0) is 9.53 Å². The maximum absolute atomic E-state index is 12.2. The number of ether oxygens (including phenoxy) is 2. The first-order valence-electron chi connectivity index (χ1n) is 6.50. The molecule has 2 rings (SSSR count). The lowest BCUT2D eigenvalue weighted by molar-refractivity contribution is -0.122. The predicted octanol–water partition coefficient (Wildman–Crippen LogP) is 4.25. The molecule has 23 heavy (non-hydrogen) atoms. The second-order valence-corrected chi connectivity index (χ2v) is 6.24. The molecule has 1 aromatic carbocycles. The molecule has 1 atom stereocenters. The quantitative estimate of drug-likeness (QED) is 0.795. The highest BCUT2D eigenvalue weighted by molar-refractivity contribution is 7.12. The zero-order valence-corrected chi connectivity index (χ0v) is 14.6. The molecule has 1 N–H and O–H groups in total. The molecule has 0 saturated heterocycles. The first kappa shape index (κ1) is 17.6. The van der Waals surface area contributed by atoms with Gasteiger partial charge in [0.1, 0.15) is 10.6 Å². The number of methoxy groups -OCH3 is 1. The van der Waals surface area contributed by atoms with Crippen molar-refractivity contribution in [1.82, 2.24) is 0 Å². The molecule has 0 bridgehead atoms. The fourth-order valence-electron chi connectivity index (χ4n) is 1.71. The molecule has 122 valence electrons. The van der Waals surface area contributed by atoms with E-state index in [9.17, 15) is 9.59 Å². The minimum Gasteiger partial charge on any atom is -0.479 e. The van der Waals surface area contributed by atoms with Crippen molar-refractivity contribution in [2.24, 2.45) is 0 Å². The van der Waals surface area contributed by atoms with E-state index in [1.165, 1.54) is 24.5 Å². The van der Waals surface area contributed by atoms with Crippen LogP contribution in [0.2, 0.25) is 10.0 Å². The van der Waals surface area contributed by atoms with Crippen molar-refractivity contribution < 1.29 is 19.1 Å². The molecular formula is C15H13Cl2NO4S. The van der Waals surface area contributed by atoms with Gasteiger partial charge in [-0.1, -0.05) is 23.2 Å². The van der Waals surface area contributed by atoms with Crippen LogP contribution in [0.1, 0.15) is 16.6 Å². The molecule has 0 aliphatic heterocycles. The maximum atomic E-state index is 12.2. The van der Waals surface area contributed by atoms with Crippen LogP contribution in [0.4, 0.5) is 5.69 Å². The summed E-state index contributed by atoms with van der Waals surface area (Å²) in [6.45, 7) is 1.57. The molecule has 0 radical (unpaired) electrons. The van der Waals surface area contributed by atoms with E-state index in [4.69, 9.17) is 27.9 Å². The first-order chi connectivity index (χ1) is 10.9. The lowest BCUT2D eigenvalue weighted by Crippen LogP contribution is -2.30. The van der Waals surface area contributed by atoms with E-state index in [1.807, 2.05) is 0 Å². The summed E-state index contributed by atoms with van der Waals surface area (Å²) < 4.78 is 10.2. The highest BCUT2D eigenvalue weighted by atomic mass is 35.5. The van der Waals surface area contributed by atoms with E-state index < -0.39 is 18.0 Å². The third-order valence-corrected chi connectivity index (χ3v) is 4.29. The number of nitrogens with one attached hydrogen (secondary N) is 1. The van der Waals surface area contributed by atoms with E-state index in [2.05, 4.69) is 10.1 Å². The number of benzene rings is 1. The Morgan fingerprint density at radius 1 is 1.26 bits per heavy atom. The molecule has 0 saturated carbocycles. The zero-order valence-electron chi connectivity index (χ0n) is 12.3. The summed E-state index contributed by atoms with van der Waals surface area (Å²) in [5, 5.41) is 5.10. The predicted molar refractivity (Wildman–Crippen MR) is 90.8 cm³/mol. The third-order valence-electron chi connectivity index (χ3n) is 2.86. The number of amides is 1. The summed E-state index contributed by atoms with van der Waals surface area (Å²) in [5.41, 5.74) is 0.379.